The highest BCUT2D eigenvalue weighted by Crippen LogP contribution is 2.13. The molecule has 4 heteroatoms. The molecule has 4 nitrogen and oxygen atoms in total. The number of amides is 1. The monoisotopic (exact) mass is 192 g/mol. The molecule has 1 amide bonds. The normalized spacial score (nSPS) is 19.9. The third-order valence-corrected chi connectivity index (χ3v) is 1.83. The minimum Gasteiger partial charge on any atom is -0.449 e. The number of nitrogens with zero attached hydrogens (tertiary/aromatic N) is 2. The van der Waals surface area contributed by atoms with Gasteiger partial charge in [0.2, 0.25) is 0 Å². The van der Waals surface area contributed by atoms with Gasteiger partial charge < -0.3 is 4.74 Å². The smallest absolute Gasteiger partial charge is 0.415 e. The molecule has 1 heterocycles. The summed E-state index contributed by atoms with van der Waals surface area (Å²) in [7, 11) is 0. The van der Waals surface area contributed by atoms with E-state index in [0.717, 1.165) is 5.57 Å². The molecule has 14 heavy (non-hydrogen) atoms. The SMILES string of the molecule is CCOC(=O)N1C=CC(C)=CC1C#N. The number of carbonyl (C=O) groups excluding carboxylic acids is 1. The Balaban J connectivity index is 2.77. The Morgan fingerprint density at radius 2 is 2.50 bits per heavy atom. The third kappa shape index (κ3) is 2.13. The molecular weight excluding hydrogens is 180 g/mol. The number of ether oxygens (including phenoxy) is 1. The Bertz CT molecular complexity index is 326. The Morgan fingerprint density at radius 1 is 1.79 bits per heavy atom. The molecule has 0 spiro atoms. The van der Waals surface area contributed by atoms with E-state index in [1.54, 1.807) is 25.3 Å². The zero-order chi connectivity index (χ0) is 10.6. The lowest BCUT2D eigenvalue weighted by molar-refractivity contribution is 0.120. The molecule has 0 saturated heterocycles. The van der Waals surface area contributed by atoms with Crippen molar-refractivity contribution >= 4 is 6.09 Å². The molecular formula is C10H12N2O2. The average Bonchev–Trinajstić information content (AvgIpc) is 2.17. The van der Waals surface area contributed by atoms with Crippen LogP contribution in [0.1, 0.15) is 13.8 Å². The molecule has 0 aromatic carbocycles. The van der Waals surface area contributed by atoms with Gasteiger partial charge >= 0.3 is 6.09 Å². The fourth-order valence-electron chi connectivity index (χ4n) is 1.15. The molecule has 0 aromatic heterocycles. The van der Waals surface area contributed by atoms with Crippen LogP contribution in [0.15, 0.2) is 23.9 Å². The van der Waals surface area contributed by atoms with E-state index >= 15 is 0 Å². The molecule has 0 radical (unpaired) electrons. The molecule has 1 atom stereocenters. The molecule has 1 aliphatic heterocycles. The summed E-state index contributed by atoms with van der Waals surface area (Å²) in [5.41, 5.74) is 0.970. The van der Waals surface area contributed by atoms with Crippen molar-refractivity contribution in [3.8, 4) is 6.07 Å². The van der Waals surface area contributed by atoms with E-state index in [4.69, 9.17) is 10.00 Å². The molecule has 0 N–H and O–H groups in total. The molecule has 0 aliphatic carbocycles. The summed E-state index contributed by atoms with van der Waals surface area (Å²) in [6, 6.07) is 1.46. The van der Waals surface area contributed by atoms with Crippen LogP contribution in [0.25, 0.3) is 0 Å². The Kier molecular flexibility index (Phi) is 3.29. The highest BCUT2D eigenvalue weighted by molar-refractivity contribution is 5.71. The summed E-state index contributed by atoms with van der Waals surface area (Å²) in [5.74, 6) is 0. The van der Waals surface area contributed by atoms with Gasteiger partial charge in [-0.2, -0.15) is 5.26 Å². The Labute approximate surface area is 83.1 Å². The van der Waals surface area contributed by atoms with Gasteiger partial charge in [-0.3, -0.25) is 4.90 Å². The standard InChI is InChI=1S/C10H12N2O2/c1-3-14-10(13)12-5-4-8(2)6-9(12)7-11/h4-6,9H,3H2,1-2H3. The summed E-state index contributed by atoms with van der Waals surface area (Å²) in [6.45, 7) is 3.92. The van der Waals surface area contributed by atoms with Crippen LogP contribution in [-0.4, -0.2) is 23.6 Å². The van der Waals surface area contributed by atoms with Crippen LogP contribution in [0.5, 0.6) is 0 Å². The molecule has 0 aromatic rings. The molecule has 74 valence electrons. The van der Waals surface area contributed by atoms with Gasteiger partial charge in [-0.05, 0) is 26.0 Å². The summed E-state index contributed by atoms with van der Waals surface area (Å²) in [4.78, 5) is 12.6. The second-order valence-corrected chi connectivity index (χ2v) is 2.91. The van der Waals surface area contributed by atoms with E-state index in [9.17, 15) is 4.79 Å². The second kappa shape index (κ2) is 4.47. The van der Waals surface area contributed by atoms with E-state index in [1.807, 2.05) is 13.0 Å². The third-order valence-electron chi connectivity index (χ3n) is 1.83. The van der Waals surface area contributed by atoms with Crippen LogP contribution in [0.3, 0.4) is 0 Å². The van der Waals surface area contributed by atoms with Crippen LogP contribution in [0.4, 0.5) is 4.79 Å². The number of hydrogen-bond donors (Lipinski definition) is 0. The largest absolute Gasteiger partial charge is 0.449 e. The fourth-order valence-corrected chi connectivity index (χ4v) is 1.15. The predicted octanol–water partition coefficient (Wildman–Crippen LogP) is 1.81. The summed E-state index contributed by atoms with van der Waals surface area (Å²) in [5, 5.41) is 8.82. The van der Waals surface area contributed by atoms with E-state index in [0.29, 0.717) is 6.61 Å². The van der Waals surface area contributed by atoms with Gasteiger partial charge in [-0.25, -0.2) is 4.79 Å². The van der Waals surface area contributed by atoms with Crippen molar-refractivity contribution in [2.45, 2.75) is 19.9 Å². The van der Waals surface area contributed by atoms with Crippen LogP contribution in [0.2, 0.25) is 0 Å². The first-order valence-corrected chi connectivity index (χ1v) is 4.40. The van der Waals surface area contributed by atoms with Crippen LogP contribution in [0, 0.1) is 11.3 Å². The first-order chi connectivity index (χ1) is 6.69. The first-order valence-electron chi connectivity index (χ1n) is 4.40. The van der Waals surface area contributed by atoms with Crippen molar-refractivity contribution in [1.29, 1.82) is 5.26 Å². The minimum atomic E-state index is -0.556. The molecule has 1 rings (SSSR count). The lowest BCUT2D eigenvalue weighted by Gasteiger charge is -2.23. The van der Waals surface area contributed by atoms with Crippen molar-refractivity contribution in [3.63, 3.8) is 0 Å². The van der Waals surface area contributed by atoms with Gasteiger partial charge in [0.1, 0.15) is 6.04 Å². The summed E-state index contributed by atoms with van der Waals surface area (Å²) < 4.78 is 4.80. The molecule has 1 aliphatic rings. The van der Waals surface area contributed by atoms with Crippen molar-refractivity contribution in [2.75, 3.05) is 6.61 Å². The first kappa shape index (κ1) is 10.3. The van der Waals surface area contributed by atoms with Gasteiger partial charge in [-0.1, -0.05) is 5.57 Å². The van der Waals surface area contributed by atoms with Gasteiger partial charge in [0.05, 0.1) is 12.7 Å². The van der Waals surface area contributed by atoms with Crippen molar-refractivity contribution in [1.82, 2.24) is 4.90 Å². The van der Waals surface area contributed by atoms with Crippen molar-refractivity contribution in [2.24, 2.45) is 0 Å². The Hall–Kier alpha value is -1.76. The van der Waals surface area contributed by atoms with E-state index in [-0.39, 0.29) is 0 Å². The van der Waals surface area contributed by atoms with Gasteiger partial charge in [0, 0.05) is 6.20 Å². The minimum absolute atomic E-state index is 0.310. The van der Waals surface area contributed by atoms with Crippen LogP contribution < -0.4 is 0 Å². The maximum atomic E-state index is 11.3. The van der Waals surface area contributed by atoms with Crippen molar-refractivity contribution in [3.05, 3.63) is 23.9 Å². The Morgan fingerprint density at radius 3 is 3.07 bits per heavy atom. The number of rotatable bonds is 1. The topological polar surface area (TPSA) is 53.3 Å². The summed E-state index contributed by atoms with van der Waals surface area (Å²) >= 11 is 0. The zero-order valence-electron chi connectivity index (χ0n) is 8.23. The quantitative estimate of drug-likeness (QED) is 0.636. The maximum absolute atomic E-state index is 11.3. The predicted molar refractivity (Wildman–Crippen MR) is 51.2 cm³/mol. The highest BCUT2D eigenvalue weighted by atomic mass is 16.6. The van der Waals surface area contributed by atoms with Crippen LogP contribution >= 0.6 is 0 Å². The molecule has 0 fully saturated rings. The molecule has 1 unspecified atom stereocenters. The maximum Gasteiger partial charge on any atom is 0.415 e. The van der Waals surface area contributed by atoms with Gasteiger partial charge in [0.25, 0.3) is 0 Å². The zero-order valence-corrected chi connectivity index (χ0v) is 8.23. The van der Waals surface area contributed by atoms with Gasteiger partial charge in [-0.15, -0.1) is 0 Å². The lowest BCUT2D eigenvalue weighted by atomic mass is 10.1. The van der Waals surface area contributed by atoms with E-state index in [2.05, 4.69) is 0 Å². The number of hydrogen-bond acceptors (Lipinski definition) is 3. The number of nitriles is 1. The lowest BCUT2D eigenvalue weighted by Crippen LogP contribution is -2.36. The second-order valence-electron chi connectivity index (χ2n) is 2.91. The average molecular weight is 192 g/mol. The van der Waals surface area contributed by atoms with E-state index < -0.39 is 12.1 Å². The van der Waals surface area contributed by atoms with Crippen molar-refractivity contribution < 1.29 is 9.53 Å². The highest BCUT2D eigenvalue weighted by Gasteiger charge is 2.22. The number of allylic oxidation sites excluding steroid dienone is 2. The van der Waals surface area contributed by atoms with E-state index in [1.165, 1.54) is 4.90 Å². The summed E-state index contributed by atoms with van der Waals surface area (Å²) in [6.07, 6.45) is 4.57. The molecule has 0 saturated carbocycles. The number of carbonyl (C=O) groups is 1. The van der Waals surface area contributed by atoms with Gasteiger partial charge in [0.15, 0.2) is 0 Å². The fraction of sp³-hybridized carbons (Fsp3) is 0.400. The van der Waals surface area contributed by atoms with Crippen LogP contribution in [-0.2, 0) is 4.74 Å². The molecule has 0 bridgehead atoms.